The van der Waals surface area contributed by atoms with E-state index in [1.165, 1.54) is 60.1 Å². The summed E-state index contributed by atoms with van der Waals surface area (Å²) < 4.78 is 2.46. The molecule has 0 unspecified atom stereocenters. The Labute approximate surface area is 173 Å². The number of para-hydroxylation sites is 1. The van der Waals surface area contributed by atoms with Crippen LogP contribution in [-0.2, 0) is 0 Å². The standard InChI is InChI=1S/C28H20N2/c1-2-9-19(10-3-1)30-26-13-7-6-12-21(26)24-16-23-22-15-14-18-8-4-5-11-20(18)28(22)29-25(23)17-27(24)30/h1-2,4-9,11-17,29H,3,10H2. The van der Waals surface area contributed by atoms with Crippen LogP contribution in [0.3, 0.4) is 0 Å². The van der Waals surface area contributed by atoms with E-state index in [0.717, 1.165) is 12.8 Å². The minimum absolute atomic E-state index is 1.07. The highest BCUT2D eigenvalue weighted by atomic mass is 15.0. The molecule has 1 aliphatic rings. The SMILES string of the molecule is C1=CCCC(n2c3ccccc3c3cc4c(cc32)[nH]c2c3ccccc3ccc42)=C1. The van der Waals surface area contributed by atoms with E-state index in [1.54, 1.807) is 0 Å². The van der Waals surface area contributed by atoms with Gasteiger partial charge in [0.15, 0.2) is 0 Å². The van der Waals surface area contributed by atoms with Gasteiger partial charge in [0.2, 0.25) is 0 Å². The summed E-state index contributed by atoms with van der Waals surface area (Å²) >= 11 is 0. The number of hydrogen-bond acceptors (Lipinski definition) is 0. The van der Waals surface area contributed by atoms with Crippen molar-refractivity contribution in [1.82, 2.24) is 9.55 Å². The predicted octanol–water partition coefficient (Wildman–Crippen LogP) is 7.77. The van der Waals surface area contributed by atoms with Crippen molar-refractivity contribution in [3.63, 3.8) is 0 Å². The van der Waals surface area contributed by atoms with E-state index in [1.807, 2.05) is 0 Å². The number of fused-ring (bicyclic) bond motifs is 8. The third kappa shape index (κ3) is 2.08. The van der Waals surface area contributed by atoms with Gasteiger partial charge in [0.25, 0.3) is 0 Å². The van der Waals surface area contributed by atoms with Crippen LogP contribution in [0.1, 0.15) is 12.8 Å². The summed E-state index contributed by atoms with van der Waals surface area (Å²) in [6, 6.07) is 26.6. The number of rotatable bonds is 1. The van der Waals surface area contributed by atoms with E-state index < -0.39 is 0 Å². The zero-order valence-electron chi connectivity index (χ0n) is 16.5. The van der Waals surface area contributed by atoms with Crippen molar-refractivity contribution in [2.75, 3.05) is 0 Å². The van der Waals surface area contributed by atoms with Crippen LogP contribution in [-0.4, -0.2) is 9.55 Å². The van der Waals surface area contributed by atoms with Gasteiger partial charge >= 0.3 is 0 Å². The lowest BCUT2D eigenvalue weighted by atomic mass is 10.0. The third-order valence-electron chi connectivity index (χ3n) is 6.57. The molecule has 1 aliphatic carbocycles. The largest absolute Gasteiger partial charge is 0.354 e. The normalized spacial score (nSPS) is 14.5. The summed E-state index contributed by atoms with van der Waals surface area (Å²) in [7, 11) is 0. The molecule has 6 aromatic rings. The molecule has 0 bridgehead atoms. The van der Waals surface area contributed by atoms with Crippen LogP contribution in [0.15, 0.2) is 91.0 Å². The fourth-order valence-electron chi connectivity index (χ4n) is 5.19. The lowest BCUT2D eigenvalue weighted by Gasteiger charge is -2.13. The Morgan fingerprint density at radius 3 is 2.47 bits per heavy atom. The number of allylic oxidation sites excluding steroid dienone is 4. The molecule has 0 radical (unpaired) electrons. The Bertz CT molecular complexity index is 1690. The Balaban J connectivity index is 1.66. The van der Waals surface area contributed by atoms with E-state index in [9.17, 15) is 0 Å². The van der Waals surface area contributed by atoms with E-state index in [0.29, 0.717) is 0 Å². The van der Waals surface area contributed by atoms with E-state index >= 15 is 0 Å². The minimum Gasteiger partial charge on any atom is -0.354 e. The summed E-state index contributed by atoms with van der Waals surface area (Å²) in [5.41, 5.74) is 6.36. The summed E-state index contributed by atoms with van der Waals surface area (Å²) in [5, 5.41) is 7.78. The first-order chi connectivity index (χ1) is 14.9. The van der Waals surface area contributed by atoms with Crippen molar-refractivity contribution >= 4 is 60.1 Å². The molecule has 1 N–H and O–H groups in total. The summed E-state index contributed by atoms with van der Waals surface area (Å²) in [6.07, 6.45) is 8.86. The maximum Gasteiger partial charge on any atom is 0.0558 e. The molecule has 0 amide bonds. The summed E-state index contributed by atoms with van der Waals surface area (Å²) in [5.74, 6) is 0. The molecule has 0 saturated heterocycles. The minimum atomic E-state index is 1.07. The number of nitrogens with zero attached hydrogens (tertiary/aromatic N) is 1. The maximum absolute atomic E-state index is 3.74. The monoisotopic (exact) mass is 384 g/mol. The molecule has 2 heterocycles. The first kappa shape index (κ1) is 16.1. The number of aromatic nitrogens is 2. The fourth-order valence-corrected chi connectivity index (χ4v) is 5.19. The van der Waals surface area contributed by atoms with Gasteiger partial charge in [-0.05, 0) is 42.5 Å². The molecule has 0 fully saturated rings. The molecule has 2 aromatic heterocycles. The van der Waals surface area contributed by atoms with Gasteiger partial charge in [-0.1, -0.05) is 66.7 Å². The van der Waals surface area contributed by atoms with E-state index in [4.69, 9.17) is 0 Å². The number of nitrogens with one attached hydrogen (secondary N) is 1. The highest BCUT2D eigenvalue weighted by Gasteiger charge is 2.17. The van der Waals surface area contributed by atoms with Gasteiger partial charge in [0.1, 0.15) is 0 Å². The zero-order valence-corrected chi connectivity index (χ0v) is 16.5. The smallest absolute Gasteiger partial charge is 0.0558 e. The first-order valence-corrected chi connectivity index (χ1v) is 10.6. The van der Waals surface area contributed by atoms with Crippen molar-refractivity contribution < 1.29 is 0 Å². The lowest BCUT2D eigenvalue weighted by Crippen LogP contribution is -1.98. The molecular weight excluding hydrogens is 364 g/mol. The van der Waals surface area contributed by atoms with Crippen molar-refractivity contribution in [2.45, 2.75) is 12.8 Å². The molecule has 0 spiro atoms. The number of H-pyrrole nitrogens is 1. The highest BCUT2D eigenvalue weighted by molar-refractivity contribution is 6.22. The quantitative estimate of drug-likeness (QED) is 0.299. The van der Waals surface area contributed by atoms with Gasteiger partial charge in [-0.25, -0.2) is 0 Å². The predicted molar refractivity (Wildman–Crippen MR) is 129 cm³/mol. The van der Waals surface area contributed by atoms with Crippen LogP contribution in [0, 0.1) is 0 Å². The average Bonchev–Trinajstić information content (AvgIpc) is 3.33. The number of aromatic amines is 1. The lowest BCUT2D eigenvalue weighted by molar-refractivity contribution is 0.979. The van der Waals surface area contributed by atoms with Crippen molar-refractivity contribution in [1.29, 1.82) is 0 Å². The Kier molecular flexibility index (Phi) is 3.14. The molecule has 2 heteroatoms. The number of hydrogen-bond donors (Lipinski definition) is 1. The van der Waals surface area contributed by atoms with Gasteiger partial charge in [-0.2, -0.15) is 0 Å². The van der Waals surface area contributed by atoms with Gasteiger partial charge in [0, 0.05) is 38.1 Å². The van der Waals surface area contributed by atoms with E-state index in [-0.39, 0.29) is 0 Å². The van der Waals surface area contributed by atoms with Gasteiger partial charge in [-0.3, -0.25) is 0 Å². The topological polar surface area (TPSA) is 20.7 Å². The van der Waals surface area contributed by atoms with Crippen molar-refractivity contribution in [2.24, 2.45) is 0 Å². The summed E-state index contributed by atoms with van der Waals surface area (Å²) in [4.78, 5) is 3.74. The number of benzene rings is 4. The van der Waals surface area contributed by atoms with Gasteiger partial charge in [-0.15, -0.1) is 0 Å². The second-order valence-corrected chi connectivity index (χ2v) is 8.23. The molecule has 0 aliphatic heterocycles. The van der Waals surface area contributed by atoms with Crippen LogP contribution in [0.5, 0.6) is 0 Å². The molecule has 0 saturated carbocycles. The second-order valence-electron chi connectivity index (χ2n) is 8.23. The van der Waals surface area contributed by atoms with Crippen LogP contribution in [0.4, 0.5) is 0 Å². The van der Waals surface area contributed by atoms with E-state index in [2.05, 4.69) is 101 Å². The molecule has 2 nitrogen and oxygen atoms in total. The molecule has 0 atom stereocenters. The van der Waals surface area contributed by atoms with Gasteiger partial charge < -0.3 is 9.55 Å². The molecule has 30 heavy (non-hydrogen) atoms. The van der Waals surface area contributed by atoms with Crippen LogP contribution < -0.4 is 0 Å². The zero-order chi connectivity index (χ0) is 19.7. The molecule has 142 valence electrons. The van der Waals surface area contributed by atoms with Crippen molar-refractivity contribution in [3.05, 3.63) is 91.0 Å². The Hall–Kier alpha value is -3.78. The van der Waals surface area contributed by atoms with Crippen LogP contribution in [0.2, 0.25) is 0 Å². The van der Waals surface area contributed by atoms with Crippen molar-refractivity contribution in [3.8, 4) is 0 Å². The van der Waals surface area contributed by atoms with Gasteiger partial charge in [0.05, 0.1) is 16.6 Å². The fraction of sp³-hybridized carbons (Fsp3) is 0.0714. The third-order valence-corrected chi connectivity index (χ3v) is 6.57. The first-order valence-electron chi connectivity index (χ1n) is 10.6. The molecular formula is C28H20N2. The average molecular weight is 384 g/mol. The maximum atomic E-state index is 3.74. The Morgan fingerprint density at radius 1 is 0.700 bits per heavy atom. The molecule has 7 rings (SSSR count). The van der Waals surface area contributed by atoms with Crippen LogP contribution >= 0.6 is 0 Å². The second kappa shape index (κ2) is 5.87. The molecule has 4 aromatic carbocycles. The Morgan fingerprint density at radius 2 is 1.57 bits per heavy atom. The highest BCUT2D eigenvalue weighted by Crippen LogP contribution is 2.39. The summed E-state index contributed by atoms with van der Waals surface area (Å²) in [6.45, 7) is 0. The van der Waals surface area contributed by atoms with Crippen LogP contribution in [0.25, 0.3) is 60.1 Å².